The van der Waals surface area contributed by atoms with Crippen LogP contribution in [0.4, 0.5) is 20.2 Å². The third kappa shape index (κ3) is 3.11. The van der Waals surface area contributed by atoms with E-state index in [-0.39, 0.29) is 17.1 Å². The minimum atomic E-state index is -1.13. The van der Waals surface area contributed by atoms with Crippen molar-refractivity contribution in [1.29, 1.82) is 0 Å². The number of hydrogen-bond donors (Lipinski definition) is 4. The summed E-state index contributed by atoms with van der Waals surface area (Å²) in [6.07, 6.45) is 0.720. The van der Waals surface area contributed by atoms with Crippen molar-refractivity contribution in [2.45, 2.75) is 19.9 Å². The third-order valence-electron chi connectivity index (χ3n) is 3.64. The summed E-state index contributed by atoms with van der Waals surface area (Å²) in [5.74, 6) is -3.31. The number of fused-ring (bicyclic) bond motifs is 1. The maximum Gasteiger partial charge on any atom is 0.276 e. The van der Waals surface area contributed by atoms with Crippen LogP contribution in [-0.2, 0) is 17.8 Å². The quantitative estimate of drug-likeness (QED) is 0.684. The Kier molecular flexibility index (Phi) is 4.26. The second kappa shape index (κ2) is 6.36. The summed E-state index contributed by atoms with van der Waals surface area (Å²) in [6, 6.07) is 1.63. The largest absolute Gasteiger partial charge is 0.324 e. The number of carbonyl (C=O) groups is 2. The van der Waals surface area contributed by atoms with Gasteiger partial charge in [-0.25, -0.2) is 8.78 Å². The first-order valence-corrected chi connectivity index (χ1v) is 7.30. The van der Waals surface area contributed by atoms with Gasteiger partial charge in [0.25, 0.3) is 5.91 Å². The number of halogens is 2. The van der Waals surface area contributed by atoms with E-state index in [1.165, 1.54) is 6.92 Å². The predicted molar refractivity (Wildman–Crippen MR) is 82.6 cm³/mol. The highest BCUT2D eigenvalue weighted by atomic mass is 19.2. The molecule has 0 saturated heterocycles. The highest BCUT2D eigenvalue weighted by Crippen LogP contribution is 2.26. The number of anilines is 2. The normalized spacial score (nSPS) is 13.3. The van der Waals surface area contributed by atoms with Gasteiger partial charge in [0, 0.05) is 49.8 Å². The van der Waals surface area contributed by atoms with Crippen LogP contribution in [0.25, 0.3) is 0 Å². The fourth-order valence-corrected chi connectivity index (χ4v) is 2.54. The maximum absolute atomic E-state index is 13.5. The monoisotopic (exact) mass is 335 g/mol. The molecule has 2 heterocycles. The van der Waals surface area contributed by atoms with Crippen LogP contribution < -0.4 is 16.0 Å². The van der Waals surface area contributed by atoms with Crippen molar-refractivity contribution >= 4 is 23.2 Å². The molecule has 1 aromatic heterocycles. The molecule has 1 aliphatic heterocycles. The summed E-state index contributed by atoms with van der Waals surface area (Å²) in [6.45, 7) is 2.50. The molecule has 4 N–H and O–H groups in total. The number of hydrogen-bond acceptors (Lipinski definition) is 4. The number of aromatic amines is 1. The molecule has 2 amide bonds. The van der Waals surface area contributed by atoms with Gasteiger partial charge in [0.15, 0.2) is 17.3 Å². The van der Waals surface area contributed by atoms with Crippen LogP contribution in [-0.4, -0.2) is 28.6 Å². The van der Waals surface area contributed by atoms with Crippen molar-refractivity contribution < 1.29 is 18.4 Å². The van der Waals surface area contributed by atoms with Gasteiger partial charge in [0.2, 0.25) is 5.91 Å². The van der Waals surface area contributed by atoms with Crippen molar-refractivity contribution in [1.82, 2.24) is 15.5 Å². The minimum absolute atomic E-state index is 0.0303. The first-order chi connectivity index (χ1) is 11.5. The van der Waals surface area contributed by atoms with E-state index in [9.17, 15) is 18.4 Å². The van der Waals surface area contributed by atoms with Crippen molar-refractivity contribution in [2.75, 3.05) is 17.2 Å². The van der Waals surface area contributed by atoms with Gasteiger partial charge in [0.05, 0.1) is 11.4 Å². The summed E-state index contributed by atoms with van der Waals surface area (Å²) in [5, 5.41) is 14.8. The first-order valence-electron chi connectivity index (χ1n) is 7.30. The molecular weight excluding hydrogens is 320 g/mol. The van der Waals surface area contributed by atoms with Gasteiger partial charge in [-0.15, -0.1) is 0 Å². The zero-order valence-electron chi connectivity index (χ0n) is 12.8. The Labute approximate surface area is 135 Å². The second-order valence-corrected chi connectivity index (χ2v) is 5.40. The van der Waals surface area contributed by atoms with E-state index in [1.54, 1.807) is 0 Å². The Morgan fingerprint density at radius 3 is 2.50 bits per heavy atom. The van der Waals surface area contributed by atoms with Gasteiger partial charge >= 0.3 is 0 Å². The molecule has 24 heavy (non-hydrogen) atoms. The zero-order valence-corrected chi connectivity index (χ0v) is 12.8. The Bertz CT molecular complexity index is 818. The SMILES string of the molecule is CC(=O)Nc1cc(F)c(F)cc1NC(=O)c1n[nH]c2c1CNCC2. The van der Waals surface area contributed by atoms with Crippen LogP contribution >= 0.6 is 0 Å². The number of carbonyl (C=O) groups excluding carboxylic acids is 2. The van der Waals surface area contributed by atoms with Crippen LogP contribution in [0.2, 0.25) is 0 Å². The Balaban J connectivity index is 1.90. The molecule has 1 aromatic carbocycles. The third-order valence-corrected chi connectivity index (χ3v) is 3.64. The number of rotatable bonds is 3. The fraction of sp³-hybridized carbons (Fsp3) is 0.267. The molecule has 126 valence electrons. The van der Waals surface area contributed by atoms with E-state index in [1.807, 2.05) is 0 Å². The lowest BCUT2D eigenvalue weighted by atomic mass is 10.1. The lowest BCUT2D eigenvalue weighted by Gasteiger charge is -2.14. The second-order valence-electron chi connectivity index (χ2n) is 5.40. The van der Waals surface area contributed by atoms with Crippen LogP contribution in [0.15, 0.2) is 12.1 Å². The maximum atomic E-state index is 13.5. The van der Waals surface area contributed by atoms with Gasteiger partial charge < -0.3 is 16.0 Å². The molecule has 0 unspecified atom stereocenters. The van der Waals surface area contributed by atoms with E-state index in [0.717, 1.165) is 36.4 Å². The molecule has 0 radical (unpaired) electrons. The summed E-state index contributed by atoms with van der Waals surface area (Å²) >= 11 is 0. The van der Waals surface area contributed by atoms with Crippen molar-refractivity contribution in [3.8, 4) is 0 Å². The molecule has 0 fully saturated rings. The fourth-order valence-electron chi connectivity index (χ4n) is 2.54. The average Bonchev–Trinajstić information content (AvgIpc) is 2.95. The average molecular weight is 335 g/mol. The summed E-state index contributed by atoms with van der Waals surface area (Å²) in [7, 11) is 0. The lowest BCUT2D eigenvalue weighted by molar-refractivity contribution is -0.114. The molecule has 0 saturated carbocycles. The summed E-state index contributed by atoms with van der Waals surface area (Å²) < 4.78 is 26.9. The van der Waals surface area contributed by atoms with Gasteiger partial charge in [0.1, 0.15) is 0 Å². The number of H-pyrrole nitrogens is 1. The Morgan fingerprint density at radius 2 is 1.83 bits per heavy atom. The number of nitrogens with zero attached hydrogens (tertiary/aromatic N) is 1. The molecule has 2 aromatic rings. The van der Waals surface area contributed by atoms with E-state index in [4.69, 9.17) is 0 Å². The number of aromatic nitrogens is 2. The molecule has 0 atom stereocenters. The van der Waals surface area contributed by atoms with E-state index in [0.29, 0.717) is 6.54 Å². The lowest BCUT2D eigenvalue weighted by Crippen LogP contribution is -2.25. The number of nitrogens with one attached hydrogen (secondary N) is 4. The molecule has 0 spiro atoms. The van der Waals surface area contributed by atoms with Crippen molar-refractivity contribution in [3.63, 3.8) is 0 Å². The van der Waals surface area contributed by atoms with Crippen LogP contribution in [0, 0.1) is 11.6 Å². The molecule has 1 aliphatic rings. The molecule has 3 rings (SSSR count). The van der Waals surface area contributed by atoms with E-state index >= 15 is 0 Å². The molecule has 7 nitrogen and oxygen atoms in total. The summed E-state index contributed by atoms with van der Waals surface area (Å²) in [5.41, 5.74) is 1.70. The number of benzene rings is 1. The van der Waals surface area contributed by atoms with Crippen LogP contribution in [0.3, 0.4) is 0 Å². The smallest absolute Gasteiger partial charge is 0.276 e. The highest BCUT2D eigenvalue weighted by Gasteiger charge is 2.23. The first kappa shape index (κ1) is 16.1. The van der Waals surface area contributed by atoms with Gasteiger partial charge in [-0.3, -0.25) is 14.7 Å². The highest BCUT2D eigenvalue weighted by molar-refractivity contribution is 6.07. The Morgan fingerprint density at radius 1 is 1.17 bits per heavy atom. The van der Waals surface area contributed by atoms with Gasteiger partial charge in [-0.2, -0.15) is 5.10 Å². The summed E-state index contributed by atoms with van der Waals surface area (Å²) in [4.78, 5) is 23.6. The standard InChI is InChI=1S/C15H15F2N5O2/c1-7(23)19-12-4-9(16)10(17)5-13(12)20-15(24)14-8-6-18-3-2-11(8)21-22-14/h4-5,18H,2-3,6H2,1H3,(H,19,23)(H,20,24)(H,21,22). The zero-order chi connectivity index (χ0) is 17.3. The van der Waals surface area contributed by atoms with Gasteiger partial charge in [-0.1, -0.05) is 0 Å². The molecule has 0 aliphatic carbocycles. The predicted octanol–water partition coefficient (Wildman–Crippen LogP) is 1.54. The van der Waals surface area contributed by atoms with Crippen LogP contribution in [0.5, 0.6) is 0 Å². The van der Waals surface area contributed by atoms with Crippen molar-refractivity contribution in [3.05, 3.63) is 40.7 Å². The van der Waals surface area contributed by atoms with E-state index < -0.39 is 23.4 Å². The van der Waals surface area contributed by atoms with Crippen molar-refractivity contribution in [2.24, 2.45) is 0 Å². The molecular formula is C15H15F2N5O2. The van der Waals surface area contributed by atoms with Gasteiger partial charge in [-0.05, 0) is 0 Å². The van der Waals surface area contributed by atoms with E-state index in [2.05, 4.69) is 26.1 Å². The number of amides is 2. The molecule has 0 bridgehead atoms. The Hall–Kier alpha value is -2.81. The topological polar surface area (TPSA) is 98.9 Å². The minimum Gasteiger partial charge on any atom is -0.324 e. The van der Waals surface area contributed by atoms with Crippen LogP contribution in [0.1, 0.15) is 28.7 Å². The molecule has 9 heteroatoms.